The summed E-state index contributed by atoms with van der Waals surface area (Å²) in [5, 5.41) is 14.3. The molecular weight excluding hydrogens is 237 g/mol. The number of nitrogens with one attached hydrogen (secondary N) is 1. The molecule has 0 unspecified atom stereocenters. The van der Waals surface area contributed by atoms with Gasteiger partial charge in [0.1, 0.15) is 11.5 Å². The van der Waals surface area contributed by atoms with Crippen molar-refractivity contribution in [2.24, 2.45) is 5.92 Å². The van der Waals surface area contributed by atoms with Gasteiger partial charge in [-0.1, -0.05) is 0 Å². The Morgan fingerprint density at radius 1 is 1.44 bits per heavy atom. The van der Waals surface area contributed by atoms with Gasteiger partial charge in [-0.25, -0.2) is 4.39 Å². The molecule has 0 radical (unpaired) electrons. The molecule has 2 heterocycles. The number of fused-ring (bicyclic) bond motifs is 1. The summed E-state index contributed by atoms with van der Waals surface area (Å²) in [6, 6.07) is 4.12. The molecule has 18 heavy (non-hydrogen) atoms. The van der Waals surface area contributed by atoms with Crippen molar-refractivity contribution in [3.63, 3.8) is 0 Å². The number of rotatable bonds is 2. The van der Waals surface area contributed by atoms with Gasteiger partial charge in [-0.2, -0.15) is 0 Å². The largest absolute Gasteiger partial charge is 0.361 e. The molecule has 0 spiro atoms. The van der Waals surface area contributed by atoms with Gasteiger partial charge in [0.25, 0.3) is 5.69 Å². The van der Waals surface area contributed by atoms with E-state index in [4.69, 9.17) is 0 Å². The van der Waals surface area contributed by atoms with Gasteiger partial charge in [0.2, 0.25) is 0 Å². The van der Waals surface area contributed by atoms with E-state index in [2.05, 4.69) is 5.32 Å². The topological polar surface area (TPSA) is 58.4 Å². The highest BCUT2D eigenvalue weighted by atomic mass is 19.1. The van der Waals surface area contributed by atoms with E-state index in [1.165, 1.54) is 12.1 Å². The fourth-order valence-corrected chi connectivity index (χ4v) is 3.03. The van der Waals surface area contributed by atoms with E-state index in [0.717, 1.165) is 32.1 Å². The van der Waals surface area contributed by atoms with E-state index in [1.54, 1.807) is 0 Å². The van der Waals surface area contributed by atoms with E-state index < -0.39 is 10.7 Å². The zero-order valence-electron chi connectivity index (χ0n) is 9.80. The molecule has 2 atom stereocenters. The van der Waals surface area contributed by atoms with E-state index in [0.29, 0.717) is 17.6 Å². The van der Waals surface area contributed by atoms with Gasteiger partial charge in [-0.05, 0) is 24.5 Å². The lowest BCUT2D eigenvalue weighted by atomic mass is 10.0. The quantitative estimate of drug-likeness (QED) is 0.639. The lowest BCUT2D eigenvalue weighted by Gasteiger charge is -2.25. The normalized spacial score (nSPS) is 26.4. The summed E-state index contributed by atoms with van der Waals surface area (Å²) >= 11 is 0. The molecule has 96 valence electrons. The Morgan fingerprint density at radius 2 is 2.28 bits per heavy atom. The van der Waals surface area contributed by atoms with Crippen LogP contribution in [0.2, 0.25) is 0 Å². The maximum absolute atomic E-state index is 13.1. The molecule has 2 aliphatic heterocycles. The summed E-state index contributed by atoms with van der Waals surface area (Å²) in [6.07, 6.45) is 1.03. The first kappa shape index (κ1) is 11.4. The molecule has 5 nitrogen and oxygen atoms in total. The van der Waals surface area contributed by atoms with E-state index in [-0.39, 0.29) is 5.69 Å². The van der Waals surface area contributed by atoms with Crippen molar-refractivity contribution >= 4 is 11.4 Å². The van der Waals surface area contributed by atoms with Gasteiger partial charge in [-0.3, -0.25) is 10.1 Å². The van der Waals surface area contributed by atoms with Crippen LogP contribution in [-0.2, 0) is 0 Å². The molecule has 2 aliphatic rings. The van der Waals surface area contributed by atoms with Crippen molar-refractivity contribution in [3.05, 3.63) is 34.1 Å². The SMILES string of the molecule is O=[N+]([O-])c1cc(F)ccc1N1CC[C@H]2CNC[C@H]21. The van der Waals surface area contributed by atoms with Gasteiger partial charge < -0.3 is 10.2 Å². The average Bonchev–Trinajstić information content (AvgIpc) is 2.91. The molecule has 2 saturated heterocycles. The van der Waals surface area contributed by atoms with Crippen LogP contribution in [0.1, 0.15) is 6.42 Å². The third kappa shape index (κ3) is 1.73. The number of nitro benzene ring substituents is 1. The number of nitro groups is 1. The van der Waals surface area contributed by atoms with Crippen molar-refractivity contribution in [2.75, 3.05) is 24.5 Å². The predicted octanol–water partition coefficient (Wildman–Crippen LogP) is 1.53. The Bertz CT molecular complexity index is 494. The van der Waals surface area contributed by atoms with E-state index in [1.807, 2.05) is 4.90 Å². The summed E-state index contributed by atoms with van der Waals surface area (Å²) < 4.78 is 13.1. The van der Waals surface area contributed by atoms with Crippen molar-refractivity contribution in [1.29, 1.82) is 0 Å². The number of hydrogen-bond acceptors (Lipinski definition) is 4. The highest BCUT2D eigenvalue weighted by Crippen LogP contribution is 2.37. The number of anilines is 1. The first-order valence-corrected chi connectivity index (χ1v) is 6.08. The van der Waals surface area contributed by atoms with Crippen LogP contribution in [0.15, 0.2) is 18.2 Å². The number of nitrogens with zero attached hydrogens (tertiary/aromatic N) is 2. The second-order valence-electron chi connectivity index (χ2n) is 4.86. The smallest absolute Gasteiger partial charge is 0.295 e. The first-order valence-electron chi connectivity index (χ1n) is 6.08. The van der Waals surface area contributed by atoms with Crippen LogP contribution in [0.3, 0.4) is 0 Å². The third-order valence-corrected chi connectivity index (χ3v) is 3.89. The van der Waals surface area contributed by atoms with Crippen LogP contribution in [0.25, 0.3) is 0 Å². The van der Waals surface area contributed by atoms with Crippen LogP contribution in [0, 0.1) is 21.8 Å². The number of benzene rings is 1. The van der Waals surface area contributed by atoms with Gasteiger partial charge in [-0.15, -0.1) is 0 Å². The Hall–Kier alpha value is -1.69. The summed E-state index contributed by atoms with van der Waals surface area (Å²) in [6.45, 7) is 2.62. The molecule has 3 rings (SSSR count). The summed E-state index contributed by atoms with van der Waals surface area (Å²) in [7, 11) is 0. The lowest BCUT2D eigenvalue weighted by molar-refractivity contribution is -0.384. The van der Waals surface area contributed by atoms with Crippen molar-refractivity contribution in [2.45, 2.75) is 12.5 Å². The Morgan fingerprint density at radius 3 is 3.06 bits per heavy atom. The van der Waals surface area contributed by atoms with Gasteiger partial charge >= 0.3 is 0 Å². The monoisotopic (exact) mass is 251 g/mol. The van der Waals surface area contributed by atoms with Gasteiger partial charge in [0, 0.05) is 25.7 Å². The molecule has 0 aromatic heterocycles. The first-order chi connectivity index (χ1) is 8.66. The second-order valence-corrected chi connectivity index (χ2v) is 4.86. The molecule has 0 saturated carbocycles. The molecular formula is C12H14FN3O2. The van der Waals surface area contributed by atoms with Crippen molar-refractivity contribution < 1.29 is 9.31 Å². The molecule has 0 amide bonds. The Balaban J connectivity index is 1.99. The molecule has 2 fully saturated rings. The van der Waals surface area contributed by atoms with Crippen molar-refractivity contribution in [3.8, 4) is 0 Å². The maximum atomic E-state index is 13.1. The Kier molecular flexibility index (Phi) is 2.66. The molecule has 1 N–H and O–H groups in total. The maximum Gasteiger partial charge on any atom is 0.295 e. The van der Waals surface area contributed by atoms with Gasteiger partial charge in [0.05, 0.1) is 11.0 Å². The zero-order chi connectivity index (χ0) is 12.7. The van der Waals surface area contributed by atoms with Crippen LogP contribution in [-0.4, -0.2) is 30.6 Å². The van der Waals surface area contributed by atoms with Gasteiger partial charge in [0.15, 0.2) is 0 Å². The highest BCUT2D eigenvalue weighted by Gasteiger charge is 2.39. The predicted molar refractivity (Wildman–Crippen MR) is 65.2 cm³/mol. The minimum absolute atomic E-state index is 0.137. The van der Waals surface area contributed by atoms with E-state index in [9.17, 15) is 14.5 Å². The highest BCUT2D eigenvalue weighted by molar-refractivity contribution is 5.64. The summed E-state index contributed by atoms with van der Waals surface area (Å²) in [5.41, 5.74) is 0.403. The summed E-state index contributed by atoms with van der Waals surface area (Å²) in [5.74, 6) is -0.0135. The van der Waals surface area contributed by atoms with Crippen LogP contribution in [0.4, 0.5) is 15.8 Å². The summed E-state index contributed by atoms with van der Waals surface area (Å²) in [4.78, 5) is 12.6. The zero-order valence-corrected chi connectivity index (χ0v) is 9.80. The number of halogens is 1. The molecule has 0 aliphatic carbocycles. The minimum Gasteiger partial charge on any atom is -0.361 e. The standard InChI is InChI=1S/C12H14FN3O2/c13-9-1-2-10(11(5-9)16(17)18)15-4-3-8-6-14-7-12(8)15/h1-2,5,8,12,14H,3-4,6-7H2/t8-,12+/m0/s1. The second kappa shape index (κ2) is 4.20. The molecule has 1 aromatic carbocycles. The third-order valence-electron chi connectivity index (χ3n) is 3.89. The fraction of sp³-hybridized carbons (Fsp3) is 0.500. The molecule has 1 aromatic rings. The molecule has 0 bridgehead atoms. The fourth-order valence-electron chi connectivity index (χ4n) is 3.03. The van der Waals surface area contributed by atoms with Crippen LogP contribution in [0.5, 0.6) is 0 Å². The Labute approximate surface area is 104 Å². The van der Waals surface area contributed by atoms with Crippen LogP contribution < -0.4 is 10.2 Å². The average molecular weight is 251 g/mol. The van der Waals surface area contributed by atoms with Crippen molar-refractivity contribution in [1.82, 2.24) is 5.32 Å². The number of hydrogen-bond donors (Lipinski definition) is 1. The minimum atomic E-state index is -0.564. The molecule has 6 heteroatoms. The van der Waals surface area contributed by atoms with E-state index >= 15 is 0 Å². The lowest BCUT2D eigenvalue weighted by Crippen LogP contribution is -2.34. The van der Waals surface area contributed by atoms with Crippen LogP contribution >= 0.6 is 0 Å².